The molecular weight excluding hydrogens is 441 g/mol. The Morgan fingerprint density at radius 3 is 0.875 bits per heavy atom. The van der Waals surface area contributed by atoms with Crippen molar-refractivity contribution in [1.82, 2.24) is 0 Å². The molecule has 0 amide bonds. The van der Waals surface area contributed by atoms with E-state index in [1.54, 1.807) is 0 Å². The van der Waals surface area contributed by atoms with Gasteiger partial charge in [0.15, 0.2) is 0 Å². The van der Waals surface area contributed by atoms with Crippen LogP contribution in [0.25, 0.3) is 0 Å². The third-order valence-electron chi connectivity index (χ3n) is 0.787. The van der Waals surface area contributed by atoms with Crippen LogP contribution >= 0.6 is 43.6 Å². The number of hydrogen-bond donors (Lipinski definition) is 0. The van der Waals surface area contributed by atoms with Crippen molar-refractivity contribution in [3.05, 3.63) is 0 Å². The second-order valence-electron chi connectivity index (χ2n) is 1.67. The summed E-state index contributed by atoms with van der Waals surface area (Å²) in [5.74, 6) is 0. The molecule has 0 saturated carbocycles. The first kappa shape index (κ1) is 10.2. The van der Waals surface area contributed by atoms with Crippen LogP contribution in [-0.4, -0.2) is 24.7 Å². The molecule has 3 heteroatoms. The van der Waals surface area contributed by atoms with Crippen LogP contribution in [0.2, 0.25) is 0 Å². The van der Waals surface area contributed by atoms with Crippen LogP contribution in [0.15, 0.2) is 0 Å². The van der Waals surface area contributed by atoms with Crippen molar-refractivity contribution in [1.29, 1.82) is 0 Å². The van der Waals surface area contributed by atoms with Crippen LogP contribution < -0.4 is 0 Å². The monoisotopic (exact) mass is 456 g/mol. The summed E-state index contributed by atoms with van der Waals surface area (Å²) in [6.45, 7) is 0. The Balaban J connectivity index is 3.46. The molecule has 0 bridgehead atoms. The zero-order valence-corrected chi connectivity index (χ0v) is 12.6. The summed E-state index contributed by atoms with van der Waals surface area (Å²) >= 11 is -0.682. The fraction of sp³-hybridized carbons (Fsp3) is 1.00. The van der Waals surface area contributed by atoms with Crippen molar-refractivity contribution in [2.24, 2.45) is 0 Å². The molecule has 0 aromatic rings. The minimum atomic E-state index is -0.245. The van der Waals surface area contributed by atoms with Crippen LogP contribution in [0, 0.1) is 0 Å². The van der Waals surface area contributed by atoms with E-state index in [1.807, 2.05) is 0 Å². The first-order valence-electron chi connectivity index (χ1n) is 2.18. The van der Waals surface area contributed by atoms with E-state index in [9.17, 15) is 0 Å². The Kier molecular flexibility index (Phi) is 6.27. The standard InChI is InChI=1S/C5H15I3/c1-6(2)8(5)7(3)4/h1-5H3. The van der Waals surface area contributed by atoms with Gasteiger partial charge in [-0.05, 0) is 0 Å². The molecule has 0 radical (unpaired) electrons. The number of hydrogen-bond acceptors (Lipinski definition) is 0. The SMILES string of the molecule is CI(C)I(C)I(C)C. The molecule has 0 aliphatic heterocycles. The third kappa shape index (κ3) is 4.08. The molecule has 0 rings (SSSR count). The van der Waals surface area contributed by atoms with Gasteiger partial charge in [0.05, 0.1) is 0 Å². The molecule has 0 fully saturated rings. The van der Waals surface area contributed by atoms with Crippen LogP contribution in [0.4, 0.5) is 0 Å². The Bertz CT molecular complexity index is 52.7. The second kappa shape index (κ2) is 4.92. The molecule has 0 atom stereocenters. The number of alkyl halides is 5. The van der Waals surface area contributed by atoms with Crippen LogP contribution in [-0.2, 0) is 0 Å². The van der Waals surface area contributed by atoms with Crippen molar-refractivity contribution in [3.8, 4) is 0 Å². The predicted molar refractivity (Wildman–Crippen MR) is 71.7 cm³/mol. The van der Waals surface area contributed by atoms with E-state index in [0.29, 0.717) is 0 Å². The molecule has 0 aliphatic rings. The Labute approximate surface area is 66.8 Å². The maximum absolute atomic E-state index is 2.61. The van der Waals surface area contributed by atoms with Gasteiger partial charge in [0, 0.05) is 0 Å². The van der Waals surface area contributed by atoms with Gasteiger partial charge >= 0.3 is 68.2 Å². The molecule has 0 spiro atoms. The minimum absolute atomic E-state index is 0.191. The molecule has 8 heavy (non-hydrogen) atoms. The third-order valence-corrected chi connectivity index (χ3v) is 90.9. The van der Waals surface area contributed by atoms with E-state index in [1.165, 1.54) is 0 Å². The zero-order chi connectivity index (χ0) is 6.73. The van der Waals surface area contributed by atoms with Gasteiger partial charge < -0.3 is 0 Å². The fourth-order valence-corrected chi connectivity index (χ4v) is 65.2. The molecular formula is C5H15I3. The fourth-order valence-electron chi connectivity index (χ4n) is 0.216. The van der Waals surface area contributed by atoms with Crippen LogP contribution in [0.1, 0.15) is 0 Å². The summed E-state index contributed by atoms with van der Waals surface area (Å²) in [6, 6.07) is 0. The van der Waals surface area contributed by atoms with Crippen LogP contribution in [0.3, 0.4) is 0 Å². The van der Waals surface area contributed by atoms with Gasteiger partial charge in [-0.25, -0.2) is 0 Å². The zero-order valence-electron chi connectivity index (χ0n) is 6.13. The quantitative estimate of drug-likeness (QED) is 0.442. The molecule has 0 aliphatic carbocycles. The maximum atomic E-state index is 2.61. The molecule has 0 N–H and O–H groups in total. The second-order valence-corrected chi connectivity index (χ2v) is 59.9. The van der Waals surface area contributed by atoms with Gasteiger partial charge in [-0.2, -0.15) is 0 Å². The van der Waals surface area contributed by atoms with Crippen molar-refractivity contribution in [2.75, 3.05) is 24.7 Å². The summed E-state index contributed by atoms with van der Waals surface area (Å²) in [6.07, 6.45) is 0. The van der Waals surface area contributed by atoms with E-state index < -0.39 is 0 Å². The van der Waals surface area contributed by atoms with Crippen LogP contribution in [0.5, 0.6) is 0 Å². The number of halogens is 3. The summed E-state index contributed by atoms with van der Waals surface area (Å²) < 4.78 is 0. The van der Waals surface area contributed by atoms with Gasteiger partial charge in [-0.15, -0.1) is 0 Å². The van der Waals surface area contributed by atoms with Crippen molar-refractivity contribution in [3.63, 3.8) is 0 Å². The molecule has 0 saturated heterocycles. The van der Waals surface area contributed by atoms with Crippen molar-refractivity contribution >= 4 is 43.6 Å². The first-order valence-corrected chi connectivity index (χ1v) is 25.5. The predicted octanol–water partition coefficient (Wildman–Crippen LogP) is 3.48. The van der Waals surface area contributed by atoms with Crippen molar-refractivity contribution < 1.29 is 0 Å². The van der Waals surface area contributed by atoms with E-state index in [-0.39, 0.29) is 43.6 Å². The molecule has 0 unspecified atom stereocenters. The summed E-state index contributed by atoms with van der Waals surface area (Å²) in [4.78, 5) is 12.8. The Morgan fingerprint density at radius 2 is 0.875 bits per heavy atom. The summed E-state index contributed by atoms with van der Waals surface area (Å²) in [7, 11) is 0. The van der Waals surface area contributed by atoms with Gasteiger partial charge in [-0.3, -0.25) is 0 Å². The Hall–Kier alpha value is 2.19. The average molecular weight is 456 g/mol. The first-order chi connectivity index (χ1) is 3.55. The summed E-state index contributed by atoms with van der Waals surface area (Å²) in [5.41, 5.74) is 0. The van der Waals surface area contributed by atoms with E-state index in [2.05, 4.69) is 24.7 Å². The molecule has 0 aromatic heterocycles. The van der Waals surface area contributed by atoms with Gasteiger partial charge in [0.1, 0.15) is 0 Å². The Morgan fingerprint density at radius 1 is 0.625 bits per heavy atom. The van der Waals surface area contributed by atoms with Crippen molar-refractivity contribution in [2.45, 2.75) is 0 Å². The van der Waals surface area contributed by atoms with Gasteiger partial charge in [0.2, 0.25) is 0 Å². The molecule has 0 aromatic carbocycles. The van der Waals surface area contributed by atoms with E-state index in [0.717, 1.165) is 0 Å². The average Bonchev–Trinajstić information content (AvgIpc) is 1.64. The molecule has 0 heterocycles. The normalized spacial score (nSPS) is 15.4. The van der Waals surface area contributed by atoms with Gasteiger partial charge in [-0.1, -0.05) is 0 Å². The summed E-state index contributed by atoms with van der Waals surface area (Å²) in [5, 5.41) is 0. The topological polar surface area (TPSA) is 0 Å². The molecule has 56 valence electrons. The van der Waals surface area contributed by atoms with E-state index in [4.69, 9.17) is 0 Å². The molecule has 0 nitrogen and oxygen atoms in total. The number of rotatable bonds is 2. The van der Waals surface area contributed by atoms with Gasteiger partial charge in [0.25, 0.3) is 0 Å². The van der Waals surface area contributed by atoms with E-state index >= 15 is 0 Å².